The molecule has 3 N–H and O–H groups in total. The summed E-state index contributed by atoms with van der Waals surface area (Å²) in [6.45, 7) is 3.83. The van der Waals surface area contributed by atoms with Crippen LogP contribution in [0.4, 0.5) is 10.5 Å². The van der Waals surface area contributed by atoms with Crippen LogP contribution in [0.2, 0.25) is 0 Å². The first-order chi connectivity index (χ1) is 9.45. The number of para-hydroxylation sites is 1. The van der Waals surface area contributed by atoms with E-state index in [0.717, 1.165) is 5.56 Å². The second-order valence-electron chi connectivity index (χ2n) is 4.75. The highest BCUT2D eigenvalue weighted by Crippen LogP contribution is 2.15. The van der Waals surface area contributed by atoms with Crippen molar-refractivity contribution in [3.8, 4) is 0 Å². The zero-order valence-corrected chi connectivity index (χ0v) is 11.8. The van der Waals surface area contributed by atoms with E-state index in [1.54, 1.807) is 33.1 Å². The van der Waals surface area contributed by atoms with E-state index in [0.29, 0.717) is 12.3 Å². The molecule has 0 radical (unpaired) electrons. The topological polar surface area (TPSA) is 87.7 Å². The fraction of sp³-hybridized carbons (Fsp3) is 0.429. The van der Waals surface area contributed by atoms with E-state index in [2.05, 4.69) is 10.6 Å². The van der Waals surface area contributed by atoms with Crippen LogP contribution in [0.15, 0.2) is 24.3 Å². The number of ether oxygens (including phenoxy) is 1. The fourth-order valence-electron chi connectivity index (χ4n) is 1.74. The smallest absolute Gasteiger partial charge is 0.326 e. The SMILES string of the molecule is COCc1ccccc1NC(=O)N[C@H](C(=O)O)C(C)C. The first-order valence-corrected chi connectivity index (χ1v) is 6.33. The number of carboxylic acids is 1. The van der Waals surface area contributed by atoms with Crippen LogP contribution < -0.4 is 10.6 Å². The van der Waals surface area contributed by atoms with E-state index >= 15 is 0 Å². The van der Waals surface area contributed by atoms with Crippen LogP contribution >= 0.6 is 0 Å². The molecule has 0 saturated heterocycles. The van der Waals surface area contributed by atoms with Gasteiger partial charge in [0.25, 0.3) is 0 Å². The second kappa shape index (κ2) is 7.49. The van der Waals surface area contributed by atoms with Gasteiger partial charge in [0.15, 0.2) is 0 Å². The lowest BCUT2D eigenvalue weighted by Crippen LogP contribution is -2.46. The number of benzene rings is 1. The molecular formula is C14H20N2O4. The normalized spacial score (nSPS) is 12.0. The highest BCUT2D eigenvalue weighted by molar-refractivity contribution is 5.92. The number of methoxy groups -OCH3 is 1. The lowest BCUT2D eigenvalue weighted by Gasteiger charge is -2.19. The van der Waals surface area contributed by atoms with Crippen LogP contribution in [0.3, 0.4) is 0 Å². The molecule has 1 rings (SSSR count). The van der Waals surface area contributed by atoms with Gasteiger partial charge >= 0.3 is 12.0 Å². The summed E-state index contributed by atoms with van der Waals surface area (Å²) in [4.78, 5) is 22.9. The van der Waals surface area contributed by atoms with Gasteiger partial charge in [0, 0.05) is 18.4 Å². The van der Waals surface area contributed by atoms with E-state index in [1.807, 2.05) is 12.1 Å². The van der Waals surface area contributed by atoms with Gasteiger partial charge in [0.2, 0.25) is 0 Å². The van der Waals surface area contributed by atoms with E-state index in [4.69, 9.17) is 9.84 Å². The molecule has 0 unspecified atom stereocenters. The summed E-state index contributed by atoms with van der Waals surface area (Å²) in [7, 11) is 1.57. The van der Waals surface area contributed by atoms with Crippen molar-refractivity contribution in [3.63, 3.8) is 0 Å². The highest BCUT2D eigenvalue weighted by Gasteiger charge is 2.23. The Morgan fingerprint density at radius 3 is 2.50 bits per heavy atom. The van der Waals surface area contributed by atoms with Crippen molar-refractivity contribution in [2.75, 3.05) is 12.4 Å². The zero-order valence-electron chi connectivity index (χ0n) is 11.8. The summed E-state index contributed by atoms with van der Waals surface area (Å²) >= 11 is 0. The Labute approximate surface area is 118 Å². The number of carbonyl (C=O) groups excluding carboxylic acids is 1. The van der Waals surface area contributed by atoms with Gasteiger partial charge in [0.1, 0.15) is 6.04 Å². The quantitative estimate of drug-likeness (QED) is 0.744. The van der Waals surface area contributed by atoms with Gasteiger partial charge in [-0.2, -0.15) is 0 Å². The van der Waals surface area contributed by atoms with Gasteiger partial charge in [-0.05, 0) is 12.0 Å². The second-order valence-corrected chi connectivity index (χ2v) is 4.75. The van der Waals surface area contributed by atoms with Crippen molar-refractivity contribution < 1.29 is 19.4 Å². The van der Waals surface area contributed by atoms with E-state index in [-0.39, 0.29) is 5.92 Å². The lowest BCUT2D eigenvalue weighted by atomic mass is 10.1. The number of hydrogen-bond acceptors (Lipinski definition) is 3. The van der Waals surface area contributed by atoms with Crippen molar-refractivity contribution >= 4 is 17.7 Å². The van der Waals surface area contributed by atoms with Gasteiger partial charge in [-0.3, -0.25) is 0 Å². The predicted molar refractivity (Wildman–Crippen MR) is 75.6 cm³/mol. The molecule has 6 heteroatoms. The molecular weight excluding hydrogens is 260 g/mol. The molecule has 1 aromatic rings. The van der Waals surface area contributed by atoms with Crippen LogP contribution in [0, 0.1) is 5.92 Å². The van der Waals surface area contributed by atoms with Gasteiger partial charge in [0.05, 0.1) is 6.61 Å². The van der Waals surface area contributed by atoms with Crippen molar-refractivity contribution in [1.82, 2.24) is 5.32 Å². The van der Waals surface area contributed by atoms with E-state index in [9.17, 15) is 9.59 Å². The molecule has 0 saturated carbocycles. The van der Waals surface area contributed by atoms with Crippen molar-refractivity contribution in [2.45, 2.75) is 26.5 Å². The molecule has 0 aliphatic heterocycles. The summed E-state index contributed by atoms with van der Waals surface area (Å²) in [6, 6.07) is 5.71. The Morgan fingerprint density at radius 1 is 1.30 bits per heavy atom. The fourth-order valence-corrected chi connectivity index (χ4v) is 1.74. The maximum Gasteiger partial charge on any atom is 0.326 e. The van der Waals surface area contributed by atoms with Crippen LogP contribution in [-0.4, -0.2) is 30.3 Å². The van der Waals surface area contributed by atoms with Crippen LogP contribution in [0.5, 0.6) is 0 Å². The number of anilines is 1. The number of carboxylic acid groups (broad SMARTS) is 1. The number of amides is 2. The van der Waals surface area contributed by atoms with Gasteiger partial charge in [-0.1, -0.05) is 32.0 Å². The molecule has 0 heterocycles. The minimum atomic E-state index is -1.06. The molecule has 0 aromatic heterocycles. The largest absolute Gasteiger partial charge is 0.480 e. The van der Waals surface area contributed by atoms with E-state index < -0.39 is 18.0 Å². The highest BCUT2D eigenvalue weighted by atomic mass is 16.5. The molecule has 0 aliphatic carbocycles. The minimum absolute atomic E-state index is 0.201. The predicted octanol–water partition coefficient (Wildman–Crippen LogP) is 2.06. The van der Waals surface area contributed by atoms with E-state index in [1.165, 1.54) is 0 Å². The zero-order chi connectivity index (χ0) is 15.1. The third-order valence-electron chi connectivity index (χ3n) is 2.78. The monoisotopic (exact) mass is 280 g/mol. The summed E-state index contributed by atoms with van der Waals surface area (Å²) in [5.74, 6) is -1.26. The van der Waals surface area contributed by atoms with Crippen LogP contribution in [0.25, 0.3) is 0 Å². The third kappa shape index (κ3) is 4.55. The Hall–Kier alpha value is -2.08. The number of aliphatic carboxylic acids is 1. The first kappa shape index (κ1) is 16.0. The molecule has 0 bridgehead atoms. The number of urea groups is 1. The minimum Gasteiger partial charge on any atom is -0.480 e. The van der Waals surface area contributed by atoms with Gasteiger partial charge < -0.3 is 20.5 Å². The molecule has 2 amide bonds. The Bertz CT molecular complexity index is 474. The molecule has 1 aromatic carbocycles. The molecule has 110 valence electrons. The van der Waals surface area contributed by atoms with Crippen molar-refractivity contribution in [2.24, 2.45) is 5.92 Å². The molecule has 0 aliphatic rings. The first-order valence-electron chi connectivity index (χ1n) is 6.33. The average molecular weight is 280 g/mol. The van der Waals surface area contributed by atoms with Crippen molar-refractivity contribution in [1.29, 1.82) is 0 Å². The maximum atomic E-state index is 11.9. The molecule has 20 heavy (non-hydrogen) atoms. The summed E-state index contributed by atoms with van der Waals surface area (Å²) < 4.78 is 5.04. The Kier molecular flexibility index (Phi) is 5.99. The molecule has 6 nitrogen and oxygen atoms in total. The molecule has 0 fully saturated rings. The Balaban J connectivity index is 2.73. The van der Waals surface area contributed by atoms with Crippen molar-refractivity contribution in [3.05, 3.63) is 29.8 Å². The number of rotatable bonds is 6. The summed E-state index contributed by atoms with van der Waals surface area (Å²) in [5, 5.41) is 14.1. The third-order valence-corrected chi connectivity index (χ3v) is 2.78. The van der Waals surface area contributed by atoms with Gasteiger partial charge in [-0.15, -0.1) is 0 Å². The standard InChI is InChI=1S/C14H20N2O4/c1-9(2)12(13(17)18)16-14(19)15-11-7-5-4-6-10(11)8-20-3/h4-7,9,12H,8H2,1-3H3,(H,17,18)(H2,15,16,19)/t12-/m0/s1. The molecule has 0 spiro atoms. The number of nitrogens with one attached hydrogen (secondary N) is 2. The van der Waals surface area contributed by atoms with Crippen LogP contribution in [-0.2, 0) is 16.1 Å². The summed E-state index contributed by atoms with van der Waals surface area (Å²) in [5.41, 5.74) is 1.42. The number of hydrogen-bond donors (Lipinski definition) is 3. The number of carbonyl (C=O) groups is 2. The van der Waals surface area contributed by atoms with Gasteiger partial charge in [-0.25, -0.2) is 9.59 Å². The lowest BCUT2D eigenvalue weighted by molar-refractivity contribution is -0.140. The Morgan fingerprint density at radius 2 is 1.95 bits per heavy atom. The average Bonchev–Trinajstić information content (AvgIpc) is 2.38. The maximum absolute atomic E-state index is 11.9. The summed E-state index contributed by atoms with van der Waals surface area (Å²) in [6.07, 6.45) is 0. The molecule has 1 atom stereocenters. The van der Waals surface area contributed by atoms with Crippen LogP contribution in [0.1, 0.15) is 19.4 Å².